The van der Waals surface area contributed by atoms with Crippen molar-refractivity contribution >= 4 is 23.4 Å². The molecular formula is C15H18ClN3O2. The highest BCUT2D eigenvalue weighted by molar-refractivity contribution is 6.35. The fraction of sp³-hybridized carbons (Fsp3) is 0.533. The Morgan fingerprint density at radius 1 is 1.14 bits per heavy atom. The summed E-state index contributed by atoms with van der Waals surface area (Å²) >= 11 is 5.75. The van der Waals surface area contributed by atoms with Crippen LogP contribution in [0.2, 0.25) is 5.15 Å². The summed E-state index contributed by atoms with van der Waals surface area (Å²) in [6.45, 7) is 1.63. The first kappa shape index (κ1) is 14.3. The fourth-order valence-electron chi connectivity index (χ4n) is 3.13. The van der Waals surface area contributed by atoms with Crippen LogP contribution in [0.5, 0.6) is 0 Å². The van der Waals surface area contributed by atoms with Gasteiger partial charge in [0.2, 0.25) is 0 Å². The largest absolute Gasteiger partial charge is 0.330 e. The Morgan fingerprint density at radius 3 is 2.57 bits per heavy atom. The Balaban J connectivity index is 1.65. The zero-order chi connectivity index (χ0) is 14.8. The topological polar surface area (TPSA) is 53.5 Å². The van der Waals surface area contributed by atoms with E-state index in [-0.39, 0.29) is 11.9 Å². The molecule has 112 valence electrons. The predicted octanol–water partition coefficient (Wildman–Crippen LogP) is 1.85. The van der Waals surface area contributed by atoms with E-state index >= 15 is 0 Å². The van der Waals surface area contributed by atoms with Crippen LogP contribution in [0, 0.1) is 0 Å². The molecule has 0 bridgehead atoms. The lowest BCUT2D eigenvalue weighted by Crippen LogP contribution is -2.56. The van der Waals surface area contributed by atoms with E-state index in [0.29, 0.717) is 24.8 Å². The molecule has 1 aliphatic carbocycles. The minimum absolute atomic E-state index is 0.265. The van der Waals surface area contributed by atoms with Gasteiger partial charge in [-0.15, -0.1) is 0 Å². The average molecular weight is 308 g/mol. The summed E-state index contributed by atoms with van der Waals surface area (Å²) in [7, 11) is 0. The van der Waals surface area contributed by atoms with E-state index in [2.05, 4.69) is 4.98 Å². The molecule has 0 N–H and O–H groups in total. The van der Waals surface area contributed by atoms with Gasteiger partial charge in [-0.2, -0.15) is 0 Å². The SMILES string of the molecule is O=C1C(=O)N(C2CCCC2)CCN1Cc1ccc(Cl)nc1. The van der Waals surface area contributed by atoms with Crippen molar-refractivity contribution in [3.05, 3.63) is 29.0 Å². The number of rotatable bonds is 3. The molecule has 2 aliphatic rings. The summed E-state index contributed by atoms with van der Waals surface area (Å²) in [5.74, 6) is -0.752. The number of halogens is 1. The molecule has 1 aliphatic heterocycles. The van der Waals surface area contributed by atoms with Crippen LogP contribution in [-0.4, -0.2) is 45.7 Å². The van der Waals surface area contributed by atoms with Crippen LogP contribution in [0.25, 0.3) is 0 Å². The normalized spacial score (nSPS) is 20.4. The van der Waals surface area contributed by atoms with Crippen molar-refractivity contribution in [1.29, 1.82) is 0 Å². The maximum absolute atomic E-state index is 12.3. The van der Waals surface area contributed by atoms with Gasteiger partial charge < -0.3 is 9.80 Å². The molecule has 0 unspecified atom stereocenters. The number of nitrogens with zero attached hydrogens (tertiary/aromatic N) is 3. The number of amides is 2. The van der Waals surface area contributed by atoms with E-state index in [1.54, 1.807) is 22.1 Å². The summed E-state index contributed by atoms with van der Waals surface area (Å²) in [6, 6.07) is 3.79. The molecule has 3 rings (SSSR count). The Hall–Kier alpha value is -1.62. The summed E-state index contributed by atoms with van der Waals surface area (Å²) in [5, 5.41) is 0.423. The molecule has 5 nitrogen and oxygen atoms in total. The van der Waals surface area contributed by atoms with Crippen molar-refractivity contribution in [3.8, 4) is 0 Å². The van der Waals surface area contributed by atoms with Crippen molar-refractivity contribution in [3.63, 3.8) is 0 Å². The first-order valence-corrected chi connectivity index (χ1v) is 7.73. The number of carbonyl (C=O) groups is 2. The van der Waals surface area contributed by atoms with Crippen LogP contribution in [0.4, 0.5) is 0 Å². The van der Waals surface area contributed by atoms with Gasteiger partial charge in [0.15, 0.2) is 0 Å². The first-order valence-electron chi connectivity index (χ1n) is 7.35. The molecule has 0 spiro atoms. The summed E-state index contributed by atoms with van der Waals surface area (Å²) in [4.78, 5) is 31.9. The molecular weight excluding hydrogens is 290 g/mol. The summed E-state index contributed by atoms with van der Waals surface area (Å²) in [6.07, 6.45) is 6.01. The second-order valence-electron chi connectivity index (χ2n) is 5.65. The average Bonchev–Trinajstić information content (AvgIpc) is 3.00. The number of aromatic nitrogens is 1. The highest BCUT2D eigenvalue weighted by Crippen LogP contribution is 2.25. The van der Waals surface area contributed by atoms with Gasteiger partial charge in [-0.3, -0.25) is 9.59 Å². The molecule has 0 atom stereocenters. The lowest BCUT2D eigenvalue weighted by atomic mass is 10.1. The second-order valence-corrected chi connectivity index (χ2v) is 6.04. The van der Waals surface area contributed by atoms with E-state index in [9.17, 15) is 9.59 Å². The van der Waals surface area contributed by atoms with Crippen LogP contribution in [0.3, 0.4) is 0 Å². The molecule has 1 saturated heterocycles. The smallest absolute Gasteiger partial charge is 0.312 e. The molecule has 0 aromatic carbocycles. The molecule has 2 heterocycles. The van der Waals surface area contributed by atoms with Crippen LogP contribution in [-0.2, 0) is 16.1 Å². The molecule has 0 radical (unpaired) electrons. The lowest BCUT2D eigenvalue weighted by molar-refractivity contribution is -0.158. The zero-order valence-corrected chi connectivity index (χ0v) is 12.6. The standard InChI is InChI=1S/C15H18ClN3O2/c16-13-6-5-11(9-17-13)10-18-7-8-19(15(21)14(18)20)12-3-1-2-4-12/h5-6,9,12H,1-4,7-8,10H2. The van der Waals surface area contributed by atoms with Gasteiger partial charge in [0.05, 0.1) is 0 Å². The molecule has 21 heavy (non-hydrogen) atoms. The minimum Gasteiger partial charge on any atom is -0.330 e. The molecule has 1 aromatic rings. The lowest BCUT2D eigenvalue weighted by Gasteiger charge is -2.37. The van der Waals surface area contributed by atoms with E-state index in [0.717, 1.165) is 31.2 Å². The van der Waals surface area contributed by atoms with Gasteiger partial charge in [0, 0.05) is 31.9 Å². The Morgan fingerprint density at radius 2 is 1.90 bits per heavy atom. The molecule has 6 heteroatoms. The van der Waals surface area contributed by atoms with Gasteiger partial charge in [0.25, 0.3) is 0 Å². The number of hydrogen-bond donors (Lipinski definition) is 0. The Labute approximate surface area is 128 Å². The van der Waals surface area contributed by atoms with Crippen molar-refractivity contribution in [1.82, 2.24) is 14.8 Å². The third kappa shape index (κ3) is 3.02. The van der Waals surface area contributed by atoms with Crippen LogP contribution < -0.4 is 0 Å². The maximum atomic E-state index is 12.3. The molecule has 2 amide bonds. The second kappa shape index (κ2) is 6.02. The van der Waals surface area contributed by atoms with Crippen molar-refractivity contribution in [2.75, 3.05) is 13.1 Å². The number of pyridine rings is 1. The Bertz CT molecular complexity index is 540. The van der Waals surface area contributed by atoms with E-state index in [4.69, 9.17) is 11.6 Å². The highest BCUT2D eigenvalue weighted by atomic mass is 35.5. The van der Waals surface area contributed by atoms with Gasteiger partial charge in [-0.05, 0) is 24.5 Å². The predicted molar refractivity (Wildman–Crippen MR) is 78.6 cm³/mol. The monoisotopic (exact) mass is 307 g/mol. The highest BCUT2D eigenvalue weighted by Gasteiger charge is 2.37. The molecule has 2 fully saturated rings. The zero-order valence-electron chi connectivity index (χ0n) is 11.8. The van der Waals surface area contributed by atoms with Gasteiger partial charge >= 0.3 is 11.8 Å². The van der Waals surface area contributed by atoms with Gasteiger partial charge in [0.1, 0.15) is 5.15 Å². The third-order valence-electron chi connectivity index (χ3n) is 4.27. The number of piperazine rings is 1. The molecule has 1 saturated carbocycles. The van der Waals surface area contributed by atoms with Crippen LogP contribution in [0.1, 0.15) is 31.2 Å². The Kier molecular flexibility index (Phi) is 4.10. The maximum Gasteiger partial charge on any atom is 0.312 e. The van der Waals surface area contributed by atoms with Crippen LogP contribution in [0.15, 0.2) is 18.3 Å². The fourth-order valence-corrected chi connectivity index (χ4v) is 3.24. The van der Waals surface area contributed by atoms with E-state index in [1.807, 2.05) is 6.07 Å². The van der Waals surface area contributed by atoms with Gasteiger partial charge in [-0.1, -0.05) is 30.5 Å². The van der Waals surface area contributed by atoms with Gasteiger partial charge in [-0.25, -0.2) is 4.98 Å². The number of hydrogen-bond acceptors (Lipinski definition) is 3. The summed E-state index contributed by atoms with van der Waals surface area (Å²) < 4.78 is 0. The first-order chi connectivity index (χ1) is 10.1. The van der Waals surface area contributed by atoms with Crippen LogP contribution >= 0.6 is 11.6 Å². The van der Waals surface area contributed by atoms with E-state index in [1.165, 1.54) is 0 Å². The van der Waals surface area contributed by atoms with Crippen molar-refractivity contribution < 1.29 is 9.59 Å². The summed E-state index contributed by atoms with van der Waals surface area (Å²) in [5.41, 5.74) is 0.884. The van der Waals surface area contributed by atoms with Crippen molar-refractivity contribution in [2.24, 2.45) is 0 Å². The third-order valence-corrected chi connectivity index (χ3v) is 4.49. The van der Waals surface area contributed by atoms with E-state index < -0.39 is 5.91 Å². The number of carbonyl (C=O) groups excluding carboxylic acids is 2. The quantitative estimate of drug-likeness (QED) is 0.632. The molecule has 1 aromatic heterocycles. The minimum atomic E-state index is -0.400. The van der Waals surface area contributed by atoms with Crippen molar-refractivity contribution in [2.45, 2.75) is 38.3 Å².